The number of halogens is 2. The van der Waals surface area contributed by atoms with Crippen LogP contribution in [0.5, 0.6) is 0 Å². The molecule has 8 nitrogen and oxygen atoms in total. The third-order valence-corrected chi connectivity index (χ3v) is 4.63. The van der Waals surface area contributed by atoms with Gasteiger partial charge >= 0.3 is 6.03 Å². The first kappa shape index (κ1) is 23.0. The fourth-order valence-corrected chi connectivity index (χ4v) is 2.91. The third kappa shape index (κ3) is 5.96. The molecule has 0 aliphatic heterocycles. The smallest absolute Gasteiger partial charge is 0.326 e. The molecule has 5 N–H and O–H groups in total. The van der Waals surface area contributed by atoms with Gasteiger partial charge in [-0.2, -0.15) is 4.98 Å². The molecule has 0 spiro atoms. The summed E-state index contributed by atoms with van der Waals surface area (Å²) in [5, 5.41) is 16.4. The summed E-state index contributed by atoms with van der Waals surface area (Å²) in [6, 6.07) is 8.26. The molecule has 0 atom stereocenters. The summed E-state index contributed by atoms with van der Waals surface area (Å²) < 4.78 is 27.5. The molecule has 1 heterocycles. The lowest BCUT2D eigenvalue weighted by Gasteiger charge is -2.09. The Balaban J connectivity index is 1.64. The minimum atomic E-state index is -0.888. The second kappa shape index (κ2) is 10.6. The SMILES string of the molecule is Cc1cc(F)c(NC(=O)Nc2nc(=O)c(-c3ccc(CNCCCO)cc3)c[nH]2)cc1F. The average molecular weight is 443 g/mol. The van der Waals surface area contributed by atoms with Gasteiger partial charge in [0.15, 0.2) is 0 Å². The van der Waals surface area contributed by atoms with Crippen LogP contribution < -0.4 is 21.5 Å². The van der Waals surface area contributed by atoms with Gasteiger partial charge in [-0.1, -0.05) is 24.3 Å². The number of anilines is 2. The van der Waals surface area contributed by atoms with Gasteiger partial charge in [0.05, 0.1) is 11.3 Å². The molecule has 3 rings (SSSR count). The summed E-state index contributed by atoms with van der Waals surface area (Å²) in [5.41, 5.74) is 1.18. The minimum Gasteiger partial charge on any atom is -0.396 e. The van der Waals surface area contributed by atoms with E-state index in [4.69, 9.17) is 5.11 Å². The number of aliphatic hydroxyl groups is 1. The third-order valence-electron chi connectivity index (χ3n) is 4.63. The number of aryl methyl sites for hydroxylation is 1. The van der Waals surface area contributed by atoms with E-state index in [-0.39, 0.29) is 23.8 Å². The highest BCUT2D eigenvalue weighted by atomic mass is 19.1. The van der Waals surface area contributed by atoms with Crippen molar-refractivity contribution in [3.63, 3.8) is 0 Å². The topological polar surface area (TPSA) is 119 Å². The van der Waals surface area contributed by atoms with Crippen molar-refractivity contribution in [2.24, 2.45) is 0 Å². The zero-order chi connectivity index (χ0) is 23.1. The normalized spacial score (nSPS) is 10.8. The highest BCUT2D eigenvalue weighted by Crippen LogP contribution is 2.19. The standard InChI is InChI=1S/C22H23F2N5O3/c1-13-9-18(24)19(10-17(13)23)27-22(32)29-21-26-12-16(20(31)28-21)15-5-3-14(4-6-15)11-25-7-2-8-30/h3-6,9-10,12,25,30H,2,7-8,11H2,1H3,(H3,26,27,28,29,31,32). The zero-order valence-electron chi connectivity index (χ0n) is 17.3. The lowest BCUT2D eigenvalue weighted by molar-refractivity contribution is 0.262. The van der Waals surface area contributed by atoms with Crippen molar-refractivity contribution in [3.8, 4) is 11.1 Å². The first-order valence-electron chi connectivity index (χ1n) is 9.91. The van der Waals surface area contributed by atoms with Crippen molar-refractivity contribution in [3.05, 3.63) is 75.7 Å². The predicted molar refractivity (Wildman–Crippen MR) is 117 cm³/mol. The predicted octanol–water partition coefficient (Wildman–Crippen LogP) is 3.14. The number of H-pyrrole nitrogens is 1. The Labute approximate surface area is 182 Å². The molecule has 2 amide bonds. The molecule has 0 saturated heterocycles. The van der Waals surface area contributed by atoms with Crippen LogP contribution in [0.15, 0.2) is 47.4 Å². The second-order valence-electron chi connectivity index (χ2n) is 7.08. The van der Waals surface area contributed by atoms with Crippen LogP contribution in [-0.4, -0.2) is 34.3 Å². The molecule has 0 unspecified atom stereocenters. The van der Waals surface area contributed by atoms with Gasteiger partial charge in [-0.25, -0.2) is 13.6 Å². The maximum Gasteiger partial charge on any atom is 0.326 e. The molecular formula is C22H23F2N5O3. The number of amides is 2. The summed E-state index contributed by atoms with van der Waals surface area (Å²) in [6.07, 6.45) is 2.08. The molecule has 3 aromatic rings. The number of nitrogens with one attached hydrogen (secondary N) is 4. The van der Waals surface area contributed by atoms with Gasteiger partial charge in [0.2, 0.25) is 5.95 Å². The van der Waals surface area contributed by atoms with Crippen LogP contribution in [-0.2, 0) is 6.54 Å². The van der Waals surface area contributed by atoms with Gasteiger partial charge in [-0.15, -0.1) is 0 Å². The van der Waals surface area contributed by atoms with E-state index < -0.39 is 23.2 Å². The Kier molecular flexibility index (Phi) is 7.63. The molecular weight excluding hydrogens is 420 g/mol. The van der Waals surface area contributed by atoms with Crippen molar-refractivity contribution in [2.75, 3.05) is 23.8 Å². The highest BCUT2D eigenvalue weighted by molar-refractivity contribution is 5.98. The number of nitrogens with zero attached hydrogens (tertiary/aromatic N) is 1. The molecule has 10 heteroatoms. The number of carbonyl (C=O) groups excluding carboxylic acids is 1. The molecule has 0 aliphatic rings. The van der Waals surface area contributed by atoms with E-state index in [9.17, 15) is 18.4 Å². The largest absolute Gasteiger partial charge is 0.396 e. The molecule has 168 valence electrons. The molecule has 32 heavy (non-hydrogen) atoms. The number of benzene rings is 2. The molecule has 0 saturated carbocycles. The fraction of sp³-hybridized carbons (Fsp3) is 0.227. The van der Waals surface area contributed by atoms with Crippen molar-refractivity contribution in [1.82, 2.24) is 15.3 Å². The van der Waals surface area contributed by atoms with E-state index in [0.717, 1.165) is 17.7 Å². The summed E-state index contributed by atoms with van der Waals surface area (Å²) in [6.45, 7) is 2.88. The minimum absolute atomic E-state index is 0.112. The first-order valence-corrected chi connectivity index (χ1v) is 9.91. The van der Waals surface area contributed by atoms with E-state index in [1.54, 1.807) is 12.1 Å². The quantitative estimate of drug-likeness (QED) is 0.343. The Bertz CT molecular complexity index is 1150. The van der Waals surface area contributed by atoms with Gasteiger partial charge in [0, 0.05) is 25.4 Å². The number of aliphatic hydroxyl groups excluding tert-OH is 1. The van der Waals surface area contributed by atoms with Crippen LogP contribution >= 0.6 is 0 Å². The average Bonchev–Trinajstić information content (AvgIpc) is 2.76. The van der Waals surface area contributed by atoms with E-state index in [2.05, 4.69) is 25.9 Å². The van der Waals surface area contributed by atoms with Crippen LogP contribution in [0.2, 0.25) is 0 Å². The van der Waals surface area contributed by atoms with Gasteiger partial charge in [0.25, 0.3) is 5.56 Å². The van der Waals surface area contributed by atoms with Crippen molar-refractivity contribution in [2.45, 2.75) is 19.9 Å². The Hall–Kier alpha value is -3.63. The number of hydrogen-bond acceptors (Lipinski definition) is 5. The van der Waals surface area contributed by atoms with E-state index in [0.29, 0.717) is 30.6 Å². The van der Waals surface area contributed by atoms with E-state index >= 15 is 0 Å². The summed E-state index contributed by atoms with van der Waals surface area (Å²) >= 11 is 0. The Morgan fingerprint density at radius 3 is 2.56 bits per heavy atom. The lowest BCUT2D eigenvalue weighted by atomic mass is 10.1. The Morgan fingerprint density at radius 2 is 1.88 bits per heavy atom. The fourth-order valence-electron chi connectivity index (χ4n) is 2.91. The maximum absolute atomic E-state index is 13.9. The molecule has 0 bridgehead atoms. The summed E-state index contributed by atoms with van der Waals surface area (Å²) in [4.78, 5) is 31.0. The number of aromatic amines is 1. The molecule has 2 aromatic carbocycles. The summed E-state index contributed by atoms with van der Waals surface area (Å²) in [5.74, 6) is -1.60. The molecule has 1 aromatic heterocycles. The summed E-state index contributed by atoms with van der Waals surface area (Å²) in [7, 11) is 0. The van der Waals surface area contributed by atoms with Crippen molar-refractivity contribution < 1.29 is 18.7 Å². The number of carbonyl (C=O) groups is 1. The zero-order valence-corrected chi connectivity index (χ0v) is 17.3. The monoisotopic (exact) mass is 443 g/mol. The van der Waals surface area contributed by atoms with Crippen LogP contribution in [0, 0.1) is 18.6 Å². The molecule has 0 fully saturated rings. The van der Waals surface area contributed by atoms with Crippen LogP contribution in [0.4, 0.5) is 25.2 Å². The lowest BCUT2D eigenvalue weighted by Crippen LogP contribution is -2.24. The van der Waals surface area contributed by atoms with E-state index in [1.165, 1.54) is 13.1 Å². The Morgan fingerprint density at radius 1 is 1.12 bits per heavy atom. The van der Waals surface area contributed by atoms with Crippen LogP contribution in [0.3, 0.4) is 0 Å². The van der Waals surface area contributed by atoms with Crippen LogP contribution in [0.1, 0.15) is 17.5 Å². The highest BCUT2D eigenvalue weighted by Gasteiger charge is 2.12. The first-order chi connectivity index (χ1) is 15.4. The van der Waals surface area contributed by atoms with Gasteiger partial charge < -0.3 is 20.7 Å². The second-order valence-corrected chi connectivity index (χ2v) is 7.08. The number of aromatic nitrogens is 2. The molecule has 0 aliphatic carbocycles. The van der Waals surface area contributed by atoms with Crippen molar-refractivity contribution in [1.29, 1.82) is 0 Å². The molecule has 0 radical (unpaired) electrons. The van der Waals surface area contributed by atoms with Gasteiger partial charge in [0.1, 0.15) is 11.6 Å². The number of rotatable bonds is 8. The van der Waals surface area contributed by atoms with Gasteiger partial charge in [-0.05, 0) is 42.6 Å². The van der Waals surface area contributed by atoms with Crippen LogP contribution in [0.25, 0.3) is 11.1 Å². The van der Waals surface area contributed by atoms with Crippen molar-refractivity contribution >= 4 is 17.7 Å². The maximum atomic E-state index is 13.9. The number of hydrogen-bond donors (Lipinski definition) is 5. The number of urea groups is 1. The van der Waals surface area contributed by atoms with Gasteiger partial charge in [-0.3, -0.25) is 10.1 Å². The van der Waals surface area contributed by atoms with E-state index in [1.807, 2.05) is 12.1 Å².